The predicted octanol–water partition coefficient (Wildman–Crippen LogP) is 2.70. The summed E-state index contributed by atoms with van der Waals surface area (Å²) < 4.78 is 28.6. The number of sulfonamides is 1. The minimum Gasteiger partial charge on any atom is -0.270 e. The fourth-order valence-corrected chi connectivity index (χ4v) is 4.66. The normalized spacial score (nSPS) is 17.7. The van der Waals surface area contributed by atoms with Crippen LogP contribution in [-0.2, 0) is 15.8 Å². The number of nitrogens with zero attached hydrogens (tertiary/aromatic N) is 3. The SMILES string of the molecule is O=S(=O)(Cc1ccccc1Cl)N1CCC(n2cccn2)CC1. The Morgan fingerprint density at radius 3 is 2.55 bits per heavy atom. The summed E-state index contributed by atoms with van der Waals surface area (Å²) in [4.78, 5) is 0. The molecular weight excluding hydrogens is 322 g/mol. The van der Waals surface area contributed by atoms with E-state index in [9.17, 15) is 8.42 Å². The van der Waals surface area contributed by atoms with E-state index in [2.05, 4.69) is 5.10 Å². The highest BCUT2D eigenvalue weighted by molar-refractivity contribution is 7.88. The molecule has 0 aliphatic carbocycles. The number of piperidine rings is 1. The van der Waals surface area contributed by atoms with Gasteiger partial charge in [-0.2, -0.15) is 5.10 Å². The lowest BCUT2D eigenvalue weighted by atomic mass is 10.1. The smallest absolute Gasteiger partial charge is 0.218 e. The molecule has 0 radical (unpaired) electrons. The van der Waals surface area contributed by atoms with Gasteiger partial charge in [-0.05, 0) is 30.5 Å². The van der Waals surface area contributed by atoms with E-state index in [1.165, 1.54) is 0 Å². The van der Waals surface area contributed by atoms with Crippen LogP contribution < -0.4 is 0 Å². The van der Waals surface area contributed by atoms with Gasteiger partial charge in [0.1, 0.15) is 0 Å². The van der Waals surface area contributed by atoms with Gasteiger partial charge in [-0.1, -0.05) is 29.8 Å². The molecule has 5 nitrogen and oxygen atoms in total. The number of aromatic nitrogens is 2. The van der Waals surface area contributed by atoms with Crippen LogP contribution in [0, 0.1) is 0 Å². The van der Waals surface area contributed by atoms with Gasteiger partial charge in [-0.25, -0.2) is 12.7 Å². The highest BCUT2D eigenvalue weighted by Gasteiger charge is 2.29. The van der Waals surface area contributed by atoms with Crippen molar-refractivity contribution in [3.63, 3.8) is 0 Å². The summed E-state index contributed by atoms with van der Waals surface area (Å²) in [6, 6.07) is 9.25. The summed E-state index contributed by atoms with van der Waals surface area (Å²) >= 11 is 6.07. The summed E-state index contributed by atoms with van der Waals surface area (Å²) in [7, 11) is -3.33. The average Bonchev–Trinajstić information content (AvgIpc) is 3.04. The van der Waals surface area contributed by atoms with Crippen LogP contribution in [0.15, 0.2) is 42.7 Å². The molecule has 1 fully saturated rings. The van der Waals surface area contributed by atoms with E-state index in [1.807, 2.05) is 16.9 Å². The fraction of sp³-hybridized carbons (Fsp3) is 0.400. The van der Waals surface area contributed by atoms with Crippen molar-refractivity contribution in [2.75, 3.05) is 13.1 Å². The van der Waals surface area contributed by atoms with E-state index < -0.39 is 10.0 Å². The van der Waals surface area contributed by atoms with Gasteiger partial charge in [-0.15, -0.1) is 0 Å². The lowest BCUT2D eigenvalue weighted by Gasteiger charge is -2.31. The number of hydrogen-bond acceptors (Lipinski definition) is 3. The van der Waals surface area contributed by atoms with Crippen LogP contribution in [0.25, 0.3) is 0 Å². The van der Waals surface area contributed by atoms with Gasteiger partial charge in [-0.3, -0.25) is 4.68 Å². The minimum absolute atomic E-state index is 0.0425. The Labute approximate surface area is 135 Å². The van der Waals surface area contributed by atoms with Gasteiger partial charge in [0.05, 0.1) is 11.8 Å². The molecule has 0 bridgehead atoms. The molecule has 0 amide bonds. The topological polar surface area (TPSA) is 55.2 Å². The first-order chi connectivity index (χ1) is 10.6. The quantitative estimate of drug-likeness (QED) is 0.860. The maximum Gasteiger partial charge on any atom is 0.218 e. The van der Waals surface area contributed by atoms with Crippen molar-refractivity contribution < 1.29 is 8.42 Å². The number of hydrogen-bond donors (Lipinski definition) is 0. The summed E-state index contributed by atoms with van der Waals surface area (Å²) in [5.74, 6) is -0.0425. The van der Waals surface area contributed by atoms with Crippen molar-refractivity contribution in [2.24, 2.45) is 0 Å². The van der Waals surface area contributed by atoms with Crippen LogP contribution in [0.5, 0.6) is 0 Å². The first-order valence-electron chi connectivity index (χ1n) is 7.26. The summed E-state index contributed by atoms with van der Waals surface area (Å²) in [5, 5.41) is 4.74. The van der Waals surface area contributed by atoms with Crippen molar-refractivity contribution in [3.05, 3.63) is 53.3 Å². The van der Waals surface area contributed by atoms with E-state index in [-0.39, 0.29) is 11.8 Å². The van der Waals surface area contributed by atoms with Gasteiger partial charge in [0.15, 0.2) is 0 Å². The predicted molar refractivity (Wildman–Crippen MR) is 86.1 cm³/mol. The molecule has 1 aromatic heterocycles. The van der Waals surface area contributed by atoms with Gasteiger partial charge in [0.2, 0.25) is 10.0 Å². The van der Waals surface area contributed by atoms with Crippen molar-refractivity contribution >= 4 is 21.6 Å². The zero-order valence-corrected chi connectivity index (χ0v) is 13.7. The molecule has 3 rings (SSSR count). The molecule has 1 saturated heterocycles. The largest absolute Gasteiger partial charge is 0.270 e. The third-order valence-corrected chi connectivity index (χ3v) is 6.21. The zero-order valence-electron chi connectivity index (χ0n) is 12.1. The molecule has 2 aromatic rings. The van der Waals surface area contributed by atoms with Gasteiger partial charge >= 0.3 is 0 Å². The van der Waals surface area contributed by atoms with Crippen LogP contribution in [0.2, 0.25) is 5.02 Å². The molecule has 0 atom stereocenters. The van der Waals surface area contributed by atoms with Crippen LogP contribution >= 0.6 is 11.6 Å². The summed E-state index contributed by atoms with van der Waals surface area (Å²) in [6.45, 7) is 1.05. The second-order valence-corrected chi connectivity index (χ2v) is 7.84. The molecule has 7 heteroatoms. The minimum atomic E-state index is -3.33. The first-order valence-corrected chi connectivity index (χ1v) is 9.25. The number of rotatable bonds is 4. The van der Waals surface area contributed by atoms with E-state index in [0.29, 0.717) is 23.7 Å². The monoisotopic (exact) mass is 339 g/mol. The van der Waals surface area contributed by atoms with Gasteiger partial charge in [0, 0.05) is 30.5 Å². The molecule has 0 N–H and O–H groups in total. The second-order valence-electron chi connectivity index (χ2n) is 5.46. The Kier molecular flexibility index (Phi) is 4.52. The van der Waals surface area contributed by atoms with Crippen molar-refractivity contribution in [1.29, 1.82) is 0 Å². The molecule has 1 aromatic carbocycles. The highest BCUT2D eigenvalue weighted by Crippen LogP contribution is 2.26. The molecule has 1 aliphatic heterocycles. The van der Waals surface area contributed by atoms with E-state index in [1.54, 1.807) is 34.8 Å². The number of halogens is 1. The summed E-state index contributed by atoms with van der Waals surface area (Å²) in [5.41, 5.74) is 0.651. The lowest BCUT2D eigenvalue weighted by Crippen LogP contribution is -2.39. The van der Waals surface area contributed by atoms with Crippen LogP contribution in [0.4, 0.5) is 0 Å². The standard InChI is InChI=1S/C15H18ClN3O2S/c16-15-5-2-1-4-13(15)12-22(20,21)18-10-6-14(7-11-18)19-9-3-8-17-19/h1-5,8-9,14H,6-7,10-12H2. The maximum absolute atomic E-state index is 12.5. The Morgan fingerprint density at radius 2 is 1.91 bits per heavy atom. The van der Waals surface area contributed by atoms with Crippen LogP contribution in [0.3, 0.4) is 0 Å². The van der Waals surface area contributed by atoms with E-state index >= 15 is 0 Å². The molecule has 1 aliphatic rings. The van der Waals surface area contributed by atoms with Crippen molar-refractivity contribution in [2.45, 2.75) is 24.6 Å². The van der Waals surface area contributed by atoms with Gasteiger partial charge in [0.25, 0.3) is 0 Å². The summed E-state index contributed by atoms with van der Waals surface area (Å²) in [6.07, 6.45) is 5.24. The van der Waals surface area contributed by atoms with E-state index in [4.69, 9.17) is 11.6 Å². The van der Waals surface area contributed by atoms with E-state index in [0.717, 1.165) is 12.8 Å². The van der Waals surface area contributed by atoms with Crippen LogP contribution in [-0.4, -0.2) is 35.6 Å². The molecule has 0 unspecified atom stereocenters. The third kappa shape index (κ3) is 3.34. The molecule has 118 valence electrons. The number of benzene rings is 1. The molecule has 22 heavy (non-hydrogen) atoms. The Bertz CT molecular complexity index is 723. The van der Waals surface area contributed by atoms with Gasteiger partial charge < -0.3 is 0 Å². The molecule has 0 spiro atoms. The second kappa shape index (κ2) is 6.40. The van der Waals surface area contributed by atoms with Crippen molar-refractivity contribution in [3.8, 4) is 0 Å². The first kappa shape index (κ1) is 15.5. The zero-order chi connectivity index (χ0) is 15.6. The fourth-order valence-electron chi connectivity index (χ4n) is 2.78. The molecule has 0 saturated carbocycles. The maximum atomic E-state index is 12.5. The molecule has 2 heterocycles. The lowest BCUT2D eigenvalue weighted by molar-refractivity contribution is 0.261. The van der Waals surface area contributed by atoms with Crippen LogP contribution in [0.1, 0.15) is 24.4 Å². The van der Waals surface area contributed by atoms with Crippen molar-refractivity contribution in [1.82, 2.24) is 14.1 Å². The average molecular weight is 340 g/mol. The highest BCUT2D eigenvalue weighted by atomic mass is 35.5. The third-order valence-electron chi connectivity index (χ3n) is 4.01. The molecular formula is C15H18ClN3O2S. The Hall–Kier alpha value is -1.37. The Morgan fingerprint density at radius 1 is 1.18 bits per heavy atom. The Balaban J connectivity index is 1.66.